The molecular weight excluding hydrogens is 298 g/mol. The number of thiophene rings is 1. The molecule has 0 aromatic carbocycles. The molecule has 1 saturated carbocycles. The molecule has 0 radical (unpaired) electrons. The van der Waals surface area contributed by atoms with Crippen molar-refractivity contribution in [2.75, 3.05) is 6.54 Å². The van der Waals surface area contributed by atoms with Crippen LogP contribution in [-0.4, -0.2) is 12.6 Å². The second-order valence-corrected chi connectivity index (χ2v) is 9.29. The number of nitrogens with one attached hydrogen (secondary N) is 1. The van der Waals surface area contributed by atoms with E-state index in [-0.39, 0.29) is 0 Å². The molecule has 120 valence electrons. The monoisotopic (exact) mass is 327 g/mol. The smallest absolute Gasteiger partial charge is 0.0547 e. The van der Waals surface area contributed by atoms with Crippen molar-refractivity contribution in [2.24, 2.45) is 17.3 Å². The summed E-state index contributed by atoms with van der Waals surface area (Å²) in [6.45, 7) is 12.7. The Bertz CT molecular complexity index is 446. The fraction of sp³-hybridized carbons (Fsp3) is 0.778. The van der Waals surface area contributed by atoms with Crippen molar-refractivity contribution in [3.05, 3.63) is 21.3 Å². The van der Waals surface area contributed by atoms with E-state index in [1.54, 1.807) is 0 Å². The summed E-state index contributed by atoms with van der Waals surface area (Å²) in [7, 11) is 0. The van der Waals surface area contributed by atoms with Gasteiger partial charge in [0.05, 0.1) is 5.02 Å². The third-order valence-electron chi connectivity index (χ3n) is 4.99. The number of halogens is 1. The summed E-state index contributed by atoms with van der Waals surface area (Å²) in [5.74, 6) is 2.15. The van der Waals surface area contributed by atoms with E-state index < -0.39 is 0 Å². The lowest BCUT2D eigenvalue weighted by molar-refractivity contribution is 0.129. The van der Waals surface area contributed by atoms with Gasteiger partial charge in [-0.3, -0.25) is 0 Å². The summed E-state index contributed by atoms with van der Waals surface area (Å²) >= 11 is 8.30. The lowest BCUT2D eigenvalue weighted by atomic mass is 9.65. The minimum atomic E-state index is 0.401. The molecule has 0 aliphatic heterocycles. The van der Waals surface area contributed by atoms with Crippen LogP contribution in [-0.2, 0) is 0 Å². The molecule has 0 spiro atoms. The second-order valence-electron chi connectivity index (χ2n) is 7.94. The quantitative estimate of drug-likeness (QED) is 0.721. The van der Waals surface area contributed by atoms with Crippen LogP contribution in [0.5, 0.6) is 0 Å². The van der Waals surface area contributed by atoms with Crippen molar-refractivity contribution >= 4 is 22.9 Å². The van der Waals surface area contributed by atoms with Gasteiger partial charge >= 0.3 is 0 Å². The van der Waals surface area contributed by atoms with Gasteiger partial charge in [0.15, 0.2) is 0 Å². The van der Waals surface area contributed by atoms with Gasteiger partial charge in [-0.2, -0.15) is 0 Å². The normalized spacial score (nSPS) is 27.3. The zero-order chi connectivity index (χ0) is 15.6. The van der Waals surface area contributed by atoms with Gasteiger partial charge < -0.3 is 5.32 Å². The summed E-state index contributed by atoms with van der Waals surface area (Å²) in [6, 6.07) is 2.62. The Labute approximate surface area is 139 Å². The van der Waals surface area contributed by atoms with Gasteiger partial charge in [0.1, 0.15) is 0 Å². The van der Waals surface area contributed by atoms with Crippen molar-refractivity contribution in [1.82, 2.24) is 5.32 Å². The summed E-state index contributed by atoms with van der Waals surface area (Å²) in [6.07, 6.45) is 3.96. The van der Waals surface area contributed by atoms with Crippen LogP contribution < -0.4 is 5.32 Å². The van der Waals surface area contributed by atoms with Crippen molar-refractivity contribution in [3.8, 4) is 0 Å². The van der Waals surface area contributed by atoms with E-state index in [2.05, 4.69) is 51.4 Å². The molecule has 0 bridgehead atoms. The van der Waals surface area contributed by atoms with Crippen LogP contribution in [0.4, 0.5) is 0 Å². The second kappa shape index (κ2) is 7.02. The summed E-state index contributed by atoms with van der Waals surface area (Å²) in [5, 5.41) is 6.77. The molecule has 21 heavy (non-hydrogen) atoms. The summed E-state index contributed by atoms with van der Waals surface area (Å²) < 4.78 is 0. The van der Waals surface area contributed by atoms with Gasteiger partial charge in [-0.1, -0.05) is 46.2 Å². The molecule has 1 aromatic rings. The van der Waals surface area contributed by atoms with Crippen LogP contribution in [0, 0.1) is 17.3 Å². The molecular formula is C18H30ClNS. The lowest BCUT2D eigenvalue weighted by Gasteiger charge is -2.42. The topological polar surface area (TPSA) is 12.0 Å². The minimum absolute atomic E-state index is 0.401. The summed E-state index contributed by atoms with van der Waals surface area (Å²) in [5.41, 5.74) is 0.401. The molecule has 3 heteroatoms. The molecule has 3 unspecified atom stereocenters. The largest absolute Gasteiger partial charge is 0.314 e. The van der Waals surface area contributed by atoms with Crippen LogP contribution in [0.25, 0.3) is 0 Å². The molecule has 1 aliphatic carbocycles. The van der Waals surface area contributed by atoms with Gasteiger partial charge in [-0.05, 0) is 60.4 Å². The maximum Gasteiger partial charge on any atom is 0.0547 e. The number of rotatable bonds is 4. The Morgan fingerprint density at radius 2 is 2.05 bits per heavy atom. The van der Waals surface area contributed by atoms with Crippen molar-refractivity contribution in [3.63, 3.8) is 0 Å². The van der Waals surface area contributed by atoms with E-state index in [9.17, 15) is 0 Å². The fourth-order valence-electron chi connectivity index (χ4n) is 3.54. The van der Waals surface area contributed by atoms with Crippen LogP contribution in [0.3, 0.4) is 0 Å². The van der Waals surface area contributed by atoms with E-state index in [1.165, 1.54) is 24.1 Å². The molecule has 1 aliphatic rings. The molecule has 0 saturated heterocycles. The average molecular weight is 328 g/mol. The van der Waals surface area contributed by atoms with E-state index in [1.807, 2.05) is 11.3 Å². The van der Waals surface area contributed by atoms with Crippen LogP contribution >= 0.6 is 22.9 Å². The molecule has 1 aromatic heterocycles. The first kappa shape index (κ1) is 17.3. The van der Waals surface area contributed by atoms with Gasteiger partial charge in [0.2, 0.25) is 0 Å². The Kier molecular flexibility index (Phi) is 5.78. The number of hydrogen-bond donors (Lipinski definition) is 1. The van der Waals surface area contributed by atoms with E-state index in [4.69, 9.17) is 11.6 Å². The van der Waals surface area contributed by atoms with Gasteiger partial charge in [0, 0.05) is 10.9 Å². The minimum Gasteiger partial charge on any atom is -0.314 e. The Morgan fingerprint density at radius 1 is 1.33 bits per heavy atom. The first-order valence-corrected chi connectivity index (χ1v) is 9.51. The third kappa shape index (κ3) is 4.46. The zero-order valence-electron chi connectivity index (χ0n) is 14.1. The van der Waals surface area contributed by atoms with Gasteiger partial charge in [-0.25, -0.2) is 0 Å². The molecule has 3 atom stereocenters. The first-order chi connectivity index (χ1) is 9.79. The van der Waals surface area contributed by atoms with Crippen LogP contribution in [0.2, 0.25) is 5.02 Å². The molecule has 1 heterocycles. The Balaban J connectivity index is 2.16. The van der Waals surface area contributed by atoms with E-state index in [0.29, 0.717) is 17.4 Å². The Morgan fingerprint density at radius 3 is 2.57 bits per heavy atom. The van der Waals surface area contributed by atoms with Crippen LogP contribution in [0.1, 0.15) is 64.7 Å². The predicted molar refractivity (Wildman–Crippen MR) is 95.5 cm³/mol. The molecule has 1 N–H and O–H groups in total. The molecule has 1 nitrogen and oxygen atoms in total. The van der Waals surface area contributed by atoms with E-state index >= 15 is 0 Å². The average Bonchev–Trinajstić information content (AvgIpc) is 2.81. The molecule has 2 rings (SSSR count). The van der Waals surface area contributed by atoms with Crippen molar-refractivity contribution in [2.45, 2.75) is 65.8 Å². The van der Waals surface area contributed by atoms with Gasteiger partial charge in [0.25, 0.3) is 0 Å². The first-order valence-electron chi connectivity index (χ1n) is 8.25. The highest BCUT2D eigenvalue weighted by atomic mass is 35.5. The zero-order valence-corrected chi connectivity index (χ0v) is 15.7. The molecule has 0 amide bonds. The highest BCUT2D eigenvalue weighted by molar-refractivity contribution is 7.10. The highest BCUT2D eigenvalue weighted by Gasteiger charge is 2.37. The molecule has 1 fully saturated rings. The summed E-state index contributed by atoms with van der Waals surface area (Å²) in [4.78, 5) is 1.42. The third-order valence-corrected chi connectivity index (χ3v) is 6.48. The Hall–Kier alpha value is -0.0500. The fourth-order valence-corrected chi connectivity index (χ4v) is 4.95. The van der Waals surface area contributed by atoms with Gasteiger partial charge in [-0.15, -0.1) is 11.3 Å². The maximum atomic E-state index is 6.45. The number of hydrogen-bond acceptors (Lipinski definition) is 2. The standard InChI is InChI=1S/C18H30ClNS/c1-12(2)20-11-13-6-7-14(18(3,4)5)10-15(13)17-16(19)8-9-21-17/h8-9,12-15,20H,6-7,10-11H2,1-5H3. The predicted octanol–water partition coefficient (Wildman–Crippen LogP) is 5.95. The van der Waals surface area contributed by atoms with Crippen molar-refractivity contribution < 1.29 is 0 Å². The van der Waals surface area contributed by atoms with Crippen LogP contribution in [0.15, 0.2) is 11.4 Å². The van der Waals surface area contributed by atoms with Crippen molar-refractivity contribution in [1.29, 1.82) is 0 Å². The van der Waals surface area contributed by atoms with E-state index in [0.717, 1.165) is 23.4 Å². The highest BCUT2D eigenvalue weighted by Crippen LogP contribution is 2.49. The maximum absolute atomic E-state index is 6.45. The SMILES string of the molecule is CC(C)NCC1CCC(C(C)(C)C)CC1c1sccc1Cl. The lowest BCUT2D eigenvalue weighted by Crippen LogP contribution is -2.37.